The lowest BCUT2D eigenvalue weighted by atomic mass is 9.88. The van der Waals surface area contributed by atoms with Crippen LogP contribution >= 0.6 is 0 Å². The topological polar surface area (TPSA) is 117 Å². The Labute approximate surface area is 138 Å². The SMILES string of the molecule is CCC(CC)(CC(=O)O)NC(=O)Cc1c(C)nc2cc[nH]n2c1=O. The zero-order valence-corrected chi connectivity index (χ0v) is 14.0. The van der Waals surface area contributed by atoms with Gasteiger partial charge < -0.3 is 10.4 Å². The number of nitrogens with one attached hydrogen (secondary N) is 2. The van der Waals surface area contributed by atoms with Crippen LogP contribution < -0.4 is 10.9 Å². The van der Waals surface area contributed by atoms with Gasteiger partial charge in [-0.05, 0) is 19.8 Å². The Kier molecular flexibility index (Phi) is 5.06. The second-order valence-corrected chi connectivity index (χ2v) is 5.92. The summed E-state index contributed by atoms with van der Waals surface area (Å²) in [5.41, 5.74) is 0.144. The molecule has 130 valence electrons. The Morgan fingerprint density at radius 2 is 2.04 bits per heavy atom. The molecule has 0 atom stereocenters. The van der Waals surface area contributed by atoms with Gasteiger partial charge in [0.15, 0.2) is 5.65 Å². The molecule has 0 aromatic carbocycles. The van der Waals surface area contributed by atoms with Gasteiger partial charge in [-0.25, -0.2) is 9.50 Å². The minimum Gasteiger partial charge on any atom is -0.481 e. The molecule has 3 N–H and O–H groups in total. The number of hydrogen-bond acceptors (Lipinski definition) is 4. The van der Waals surface area contributed by atoms with E-state index in [0.29, 0.717) is 29.7 Å². The maximum absolute atomic E-state index is 12.4. The van der Waals surface area contributed by atoms with Gasteiger partial charge in [-0.3, -0.25) is 19.5 Å². The van der Waals surface area contributed by atoms with Gasteiger partial charge in [0.25, 0.3) is 5.56 Å². The number of carboxylic acids is 1. The first kappa shape index (κ1) is 17.7. The fourth-order valence-electron chi connectivity index (χ4n) is 2.82. The monoisotopic (exact) mass is 334 g/mol. The molecule has 0 saturated carbocycles. The molecule has 1 amide bonds. The zero-order valence-electron chi connectivity index (χ0n) is 14.0. The number of rotatable bonds is 7. The summed E-state index contributed by atoms with van der Waals surface area (Å²) in [5.74, 6) is -1.35. The molecule has 0 aliphatic heterocycles. The highest BCUT2D eigenvalue weighted by atomic mass is 16.4. The number of hydrogen-bond donors (Lipinski definition) is 3. The number of carbonyl (C=O) groups is 2. The highest BCUT2D eigenvalue weighted by molar-refractivity contribution is 5.80. The van der Waals surface area contributed by atoms with Gasteiger partial charge in [0.1, 0.15) is 0 Å². The molecule has 0 unspecified atom stereocenters. The van der Waals surface area contributed by atoms with E-state index in [1.807, 2.05) is 13.8 Å². The summed E-state index contributed by atoms with van der Waals surface area (Å²) in [4.78, 5) is 40.2. The lowest BCUT2D eigenvalue weighted by Gasteiger charge is -2.31. The molecule has 8 nitrogen and oxygen atoms in total. The van der Waals surface area contributed by atoms with Gasteiger partial charge in [0.05, 0.1) is 12.8 Å². The van der Waals surface area contributed by atoms with Gasteiger partial charge >= 0.3 is 5.97 Å². The molecule has 0 fully saturated rings. The summed E-state index contributed by atoms with van der Waals surface area (Å²) >= 11 is 0. The van der Waals surface area contributed by atoms with E-state index in [2.05, 4.69) is 15.4 Å². The normalized spacial score (nSPS) is 11.6. The summed E-state index contributed by atoms with van der Waals surface area (Å²) in [7, 11) is 0. The van der Waals surface area contributed by atoms with Gasteiger partial charge in [-0.2, -0.15) is 0 Å². The van der Waals surface area contributed by atoms with Crippen molar-refractivity contribution in [2.45, 2.75) is 52.0 Å². The largest absolute Gasteiger partial charge is 0.481 e. The number of aromatic amines is 1. The zero-order chi connectivity index (χ0) is 17.9. The molecule has 8 heteroatoms. The lowest BCUT2D eigenvalue weighted by molar-refractivity contribution is -0.139. The molecule has 0 saturated heterocycles. The van der Waals surface area contributed by atoms with E-state index in [1.165, 1.54) is 4.52 Å². The van der Waals surface area contributed by atoms with Crippen LogP contribution in [0.3, 0.4) is 0 Å². The van der Waals surface area contributed by atoms with E-state index in [0.717, 1.165) is 0 Å². The number of amides is 1. The smallest absolute Gasteiger partial charge is 0.305 e. The quantitative estimate of drug-likeness (QED) is 0.699. The number of aliphatic carboxylic acids is 1. The van der Waals surface area contributed by atoms with E-state index >= 15 is 0 Å². The molecule has 2 aromatic heterocycles. The van der Waals surface area contributed by atoms with Crippen molar-refractivity contribution in [3.8, 4) is 0 Å². The van der Waals surface area contributed by atoms with E-state index in [4.69, 9.17) is 5.11 Å². The van der Waals surface area contributed by atoms with Crippen LogP contribution in [0.15, 0.2) is 17.1 Å². The summed E-state index contributed by atoms with van der Waals surface area (Å²) in [6.07, 6.45) is 2.29. The Balaban J connectivity index is 2.26. The third-order valence-electron chi connectivity index (χ3n) is 4.43. The highest BCUT2D eigenvalue weighted by Gasteiger charge is 2.31. The number of nitrogens with zero attached hydrogens (tertiary/aromatic N) is 2. The summed E-state index contributed by atoms with van der Waals surface area (Å²) < 4.78 is 1.28. The van der Waals surface area contributed by atoms with Crippen molar-refractivity contribution in [1.29, 1.82) is 0 Å². The van der Waals surface area contributed by atoms with Crippen LogP contribution in [0.4, 0.5) is 0 Å². The summed E-state index contributed by atoms with van der Waals surface area (Å²) in [5, 5.41) is 14.6. The van der Waals surface area contributed by atoms with Crippen LogP contribution in [0, 0.1) is 6.92 Å². The lowest BCUT2D eigenvalue weighted by Crippen LogP contribution is -2.50. The fourth-order valence-corrected chi connectivity index (χ4v) is 2.82. The Bertz CT molecular complexity index is 817. The molecular weight excluding hydrogens is 312 g/mol. The van der Waals surface area contributed by atoms with Gasteiger partial charge in [-0.1, -0.05) is 13.8 Å². The first-order chi connectivity index (χ1) is 11.3. The van der Waals surface area contributed by atoms with Crippen molar-refractivity contribution in [2.24, 2.45) is 0 Å². The molecule has 2 heterocycles. The Morgan fingerprint density at radius 1 is 1.38 bits per heavy atom. The van der Waals surface area contributed by atoms with Crippen LogP contribution in [0.2, 0.25) is 0 Å². The molecule has 0 radical (unpaired) electrons. The standard InChI is InChI=1S/C16H22N4O4/c1-4-16(5-2,9-14(22)23)19-13(21)8-11-10(3)18-12-6-7-17-20(12)15(11)24/h6-7,17H,4-5,8-9H2,1-3H3,(H,19,21)(H,22,23). The van der Waals surface area contributed by atoms with Crippen LogP contribution in [0.25, 0.3) is 5.65 Å². The average molecular weight is 334 g/mol. The minimum atomic E-state index is -0.968. The van der Waals surface area contributed by atoms with E-state index < -0.39 is 11.5 Å². The highest BCUT2D eigenvalue weighted by Crippen LogP contribution is 2.20. The second-order valence-electron chi connectivity index (χ2n) is 5.92. The number of carboxylic acid groups (broad SMARTS) is 1. The van der Waals surface area contributed by atoms with Crippen LogP contribution in [0.1, 0.15) is 44.4 Å². The van der Waals surface area contributed by atoms with Crippen molar-refractivity contribution >= 4 is 17.5 Å². The van der Waals surface area contributed by atoms with E-state index in [9.17, 15) is 14.4 Å². The van der Waals surface area contributed by atoms with Gasteiger partial charge in [-0.15, -0.1) is 0 Å². The predicted octanol–water partition coefficient (Wildman–Crippen LogP) is 1.02. The Morgan fingerprint density at radius 3 is 2.62 bits per heavy atom. The van der Waals surface area contributed by atoms with E-state index in [-0.39, 0.29) is 24.3 Å². The molecule has 2 rings (SSSR count). The van der Waals surface area contributed by atoms with Crippen molar-refractivity contribution < 1.29 is 14.7 Å². The van der Waals surface area contributed by atoms with Crippen LogP contribution in [-0.4, -0.2) is 37.1 Å². The molecule has 0 spiro atoms. The van der Waals surface area contributed by atoms with Crippen molar-refractivity contribution in [2.75, 3.05) is 0 Å². The maximum Gasteiger partial charge on any atom is 0.305 e. The average Bonchev–Trinajstić information content (AvgIpc) is 2.98. The number of H-pyrrole nitrogens is 1. The minimum absolute atomic E-state index is 0.138. The molecular formula is C16H22N4O4. The number of carbonyl (C=O) groups excluding carboxylic acids is 1. The van der Waals surface area contributed by atoms with Crippen LogP contribution in [-0.2, 0) is 16.0 Å². The second kappa shape index (κ2) is 6.86. The number of aromatic nitrogens is 3. The Hall–Kier alpha value is -2.64. The molecule has 0 bridgehead atoms. The fraction of sp³-hybridized carbons (Fsp3) is 0.500. The maximum atomic E-state index is 12.4. The predicted molar refractivity (Wildman–Crippen MR) is 88.0 cm³/mol. The van der Waals surface area contributed by atoms with Gasteiger partial charge in [0.2, 0.25) is 5.91 Å². The molecule has 0 aliphatic rings. The molecule has 24 heavy (non-hydrogen) atoms. The van der Waals surface area contributed by atoms with Crippen molar-refractivity contribution in [3.05, 3.63) is 33.9 Å². The summed E-state index contributed by atoms with van der Waals surface area (Å²) in [6, 6.07) is 1.67. The first-order valence-corrected chi connectivity index (χ1v) is 7.90. The molecule has 2 aromatic rings. The summed E-state index contributed by atoms with van der Waals surface area (Å²) in [6.45, 7) is 5.35. The van der Waals surface area contributed by atoms with Crippen LogP contribution in [0.5, 0.6) is 0 Å². The molecule has 0 aliphatic carbocycles. The first-order valence-electron chi connectivity index (χ1n) is 7.90. The third-order valence-corrected chi connectivity index (χ3v) is 4.43. The van der Waals surface area contributed by atoms with Crippen molar-refractivity contribution in [3.63, 3.8) is 0 Å². The third kappa shape index (κ3) is 3.47. The number of fused-ring (bicyclic) bond motifs is 1. The number of aryl methyl sites for hydroxylation is 1. The van der Waals surface area contributed by atoms with E-state index in [1.54, 1.807) is 19.2 Å². The van der Waals surface area contributed by atoms with Gasteiger partial charge in [0, 0.05) is 29.1 Å². The van der Waals surface area contributed by atoms with Crippen molar-refractivity contribution in [1.82, 2.24) is 19.9 Å².